The molecule has 6 heteroatoms. The van der Waals surface area contributed by atoms with E-state index in [1.54, 1.807) is 19.5 Å². The SMILES string of the molecule is [2H]c1nc([2H])n(-c2ncc(OC)c3cc[nH]c23)n1. The monoisotopic (exact) mass is 217 g/mol. The smallest absolute Gasteiger partial charge is 0.179 e. The Bertz CT molecular complexity index is 720. The average Bonchev–Trinajstić information content (AvgIpc) is 2.94. The Hall–Kier alpha value is -2.37. The van der Waals surface area contributed by atoms with Gasteiger partial charge in [0.25, 0.3) is 0 Å². The number of aromatic nitrogens is 5. The minimum absolute atomic E-state index is 0.131. The third-order valence-electron chi connectivity index (χ3n) is 2.30. The van der Waals surface area contributed by atoms with Crippen molar-refractivity contribution in [3.05, 3.63) is 31.1 Å². The minimum Gasteiger partial charge on any atom is -0.494 e. The van der Waals surface area contributed by atoms with Crippen LogP contribution in [0.5, 0.6) is 5.75 Å². The van der Waals surface area contributed by atoms with Crippen LogP contribution in [-0.2, 0) is 0 Å². The molecule has 0 aliphatic rings. The van der Waals surface area contributed by atoms with Gasteiger partial charge in [-0.15, -0.1) is 0 Å². The Morgan fingerprint density at radius 2 is 2.50 bits per heavy atom. The van der Waals surface area contributed by atoms with Gasteiger partial charge in [0, 0.05) is 11.6 Å². The Morgan fingerprint density at radius 3 is 3.25 bits per heavy atom. The average molecular weight is 217 g/mol. The lowest BCUT2D eigenvalue weighted by Crippen LogP contribution is -1.99. The molecule has 0 saturated carbocycles. The molecule has 16 heavy (non-hydrogen) atoms. The van der Waals surface area contributed by atoms with Crippen LogP contribution in [0.25, 0.3) is 16.7 Å². The molecule has 0 fully saturated rings. The molecule has 0 bridgehead atoms. The van der Waals surface area contributed by atoms with Crippen molar-refractivity contribution in [3.63, 3.8) is 0 Å². The summed E-state index contributed by atoms with van der Waals surface area (Å²) in [7, 11) is 1.57. The quantitative estimate of drug-likeness (QED) is 0.699. The molecule has 0 amide bonds. The van der Waals surface area contributed by atoms with Crippen molar-refractivity contribution in [1.82, 2.24) is 24.7 Å². The van der Waals surface area contributed by atoms with Gasteiger partial charge in [-0.3, -0.25) is 0 Å². The van der Waals surface area contributed by atoms with E-state index in [2.05, 4.69) is 20.1 Å². The van der Waals surface area contributed by atoms with Crippen molar-refractivity contribution in [3.8, 4) is 11.6 Å². The van der Waals surface area contributed by atoms with E-state index in [-0.39, 0.29) is 12.6 Å². The van der Waals surface area contributed by atoms with Gasteiger partial charge >= 0.3 is 0 Å². The Labute approximate surface area is 93.7 Å². The van der Waals surface area contributed by atoms with Crippen LogP contribution in [0.2, 0.25) is 0 Å². The minimum atomic E-state index is -0.211. The van der Waals surface area contributed by atoms with Crippen LogP contribution in [0.4, 0.5) is 0 Å². The number of fused-ring (bicyclic) bond motifs is 1. The van der Waals surface area contributed by atoms with Gasteiger partial charge in [-0.2, -0.15) is 5.10 Å². The van der Waals surface area contributed by atoms with E-state index < -0.39 is 0 Å². The summed E-state index contributed by atoms with van der Waals surface area (Å²) in [5, 5.41) is 4.66. The van der Waals surface area contributed by atoms with Gasteiger partial charge in [-0.1, -0.05) is 0 Å². The summed E-state index contributed by atoms with van der Waals surface area (Å²) in [5.74, 6) is 1.06. The Kier molecular flexibility index (Phi) is 1.46. The van der Waals surface area contributed by atoms with Crippen LogP contribution in [0.1, 0.15) is 2.74 Å². The molecular formula is C10H9N5O. The number of ether oxygens (including phenoxy) is 1. The predicted octanol–water partition coefficient (Wildman–Crippen LogP) is 1.15. The fourth-order valence-corrected chi connectivity index (χ4v) is 1.59. The van der Waals surface area contributed by atoms with Gasteiger partial charge in [-0.25, -0.2) is 14.6 Å². The maximum Gasteiger partial charge on any atom is 0.179 e. The van der Waals surface area contributed by atoms with Gasteiger partial charge in [0.15, 0.2) is 5.82 Å². The second-order valence-electron chi connectivity index (χ2n) is 3.14. The predicted molar refractivity (Wildman–Crippen MR) is 57.6 cm³/mol. The van der Waals surface area contributed by atoms with Crippen LogP contribution >= 0.6 is 0 Å². The second-order valence-corrected chi connectivity index (χ2v) is 3.14. The molecular weight excluding hydrogens is 206 g/mol. The molecule has 3 heterocycles. The maximum atomic E-state index is 7.64. The molecule has 0 atom stereocenters. The highest BCUT2D eigenvalue weighted by Crippen LogP contribution is 2.26. The lowest BCUT2D eigenvalue weighted by Gasteiger charge is -2.05. The molecule has 80 valence electrons. The molecule has 1 N–H and O–H groups in total. The zero-order chi connectivity index (χ0) is 12.7. The van der Waals surface area contributed by atoms with Gasteiger partial charge < -0.3 is 9.72 Å². The number of nitrogens with zero attached hydrogens (tertiary/aromatic N) is 4. The number of rotatable bonds is 2. The molecule has 6 nitrogen and oxygen atoms in total. The molecule has 3 aromatic rings. The van der Waals surface area contributed by atoms with E-state index in [0.29, 0.717) is 17.1 Å². The first-order valence-electron chi connectivity index (χ1n) is 5.61. The zero-order valence-electron chi connectivity index (χ0n) is 10.4. The van der Waals surface area contributed by atoms with Gasteiger partial charge in [0.1, 0.15) is 21.1 Å². The number of pyridine rings is 1. The highest BCUT2D eigenvalue weighted by atomic mass is 16.5. The van der Waals surface area contributed by atoms with Crippen molar-refractivity contribution >= 4 is 10.9 Å². The van der Waals surface area contributed by atoms with Crippen molar-refractivity contribution in [2.24, 2.45) is 0 Å². The van der Waals surface area contributed by atoms with Crippen molar-refractivity contribution in [2.75, 3.05) is 7.11 Å². The fraction of sp³-hybridized carbons (Fsp3) is 0.100. The first-order valence-corrected chi connectivity index (χ1v) is 4.61. The summed E-state index contributed by atoms with van der Waals surface area (Å²) in [6.07, 6.45) is 2.96. The van der Waals surface area contributed by atoms with E-state index in [1.807, 2.05) is 6.07 Å². The standard InChI is InChI=1S/C10H9N5O/c1-16-8-4-13-10(15-6-11-5-14-15)9-7(8)2-3-12-9/h2-6,12H,1H3/i5D,6D. The number of methoxy groups -OCH3 is 1. The topological polar surface area (TPSA) is 68.6 Å². The molecule has 0 aliphatic carbocycles. The normalized spacial score (nSPS) is 12.6. The van der Waals surface area contributed by atoms with E-state index in [0.717, 1.165) is 5.39 Å². The van der Waals surface area contributed by atoms with E-state index in [9.17, 15) is 0 Å². The lowest BCUT2D eigenvalue weighted by atomic mass is 10.3. The van der Waals surface area contributed by atoms with Crippen molar-refractivity contribution in [1.29, 1.82) is 0 Å². The van der Waals surface area contributed by atoms with E-state index in [1.165, 1.54) is 4.68 Å². The summed E-state index contributed by atoms with van der Waals surface area (Å²) < 4.78 is 21.4. The van der Waals surface area contributed by atoms with Crippen LogP contribution in [-0.4, -0.2) is 31.8 Å². The number of hydrogen-bond donors (Lipinski definition) is 1. The molecule has 0 radical (unpaired) electrons. The van der Waals surface area contributed by atoms with Crippen molar-refractivity contribution < 1.29 is 7.48 Å². The zero-order valence-corrected chi connectivity index (χ0v) is 8.43. The largest absolute Gasteiger partial charge is 0.494 e. The third-order valence-corrected chi connectivity index (χ3v) is 2.30. The van der Waals surface area contributed by atoms with Crippen molar-refractivity contribution in [2.45, 2.75) is 0 Å². The van der Waals surface area contributed by atoms with Crippen LogP contribution in [0, 0.1) is 0 Å². The van der Waals surface area contributed by atoms with Crippen LogP contribution in [0.3, 0.4) is 0 Å². The third kappa shape index (κ3) is 1.16. The van der Waals surface area contributed by atoms with E-state index in [4.69, 9.17) is 7.48 Å². The highest BCUT2D eigenvalue weighted by Gasteiger charge is 2.10. The summed E-state index contributed by atoms with van der Waals surface area (Å²) in [4.78, 5) is 10.8. The number of nitrogens with one attached hydrogen (secondary N) is 1. The first kappa shape index (κ1) is 7.00. The Balaban J connectivity index is 2.30. The molecule has 0 aliphatic heterocycles. The fourth-order valence-electron chi connectivity index (χ4n) is 1.59. The molecule has 0 unspecified atom stereocenters. The summed E-state index contributed by atoms with van der Waals surface area (Å²) >= 11 is 0. The lowest BCUT2D eigenvalue weighted by molar-refractivity contribution is 0.418. The molecule has 0 spiro atoms. The van der Waals surface area contributed by atoms with Gasteiger partial charge in [0.05, 0.1) is 18.8 Å². The summed E-state index contributed by atoms with van der Waals surface area (Å²) in [5.41, 5.74) is 0.688. The second kappa shape index (κ2) is 3.34. The van der Waals surface area contributed by atoms with Gasteiger partial charge in [0.2, 0.25) is 0 Å². The molecule has 3 rings (SSSR count). The van der Waals surface area contributed by atoms with Crippen LogP contribution < -0.4 is 4.74 Å². The molecule has 0 aromatic carbocycles. The molecule has 0 saturated heterocycles. The maximum absolute atomic E-state index is 7.64. The van der Waals surface area contributed by atoms with Crippen LogP contribution in [0.15, 0.2) is 31.1 Å². The number of hydrogen-bond acceptors (Lipinski definition) is 4. The molecule has 3 aromatic heterocycles. The Morgan fingerprint density at radius 1 is 1.56 bits per heavy atom. The summed E-state index contributed by atoms with van der Waals surface area (Å²) in [6.45, 7) is 0. The van der Waals surface area contributed by atoms with E-state index >= 15 is 0 Å². The number of H-pyrrole nitrogens is 1. The van der Waals surface area contributed by atoms with Gasteiger partial charge in [-0.05, 0) is 6.07 Å². The highest BCUT2D eigenvalue weighted by molar-refractivity contribution is 5.90. The first-order chi connectivity index (χ1) is 8.70. The number of aromatic amines is 1. The summed E-state index contributed by atoms with van der Waals surface area (Å²) in [6, 6.07) is 1.85.